The monoisotopic (exact) mass is 213 g/mol. The zero-order valence-corrected chi connectivity index (χ0v) is 9.51. The van der Waals surface area contributed by atoms with Crippen LogP contribution in [0.15, 0.2) is 42.7 Å². The fraction of sp³-hybridized carbons (Fsp3) is 0.214. The van der Waals surface area contributed by atoms with Crippen molar-refractivity contribution in [3.05, 3.63) is 53.9 Å². The number of aryl methyl sites for hydroxylation is 1. The molecule has 1 aromatic heterocycles. The van der Waals surface area contributed by atoms with Gasteiger partial charge in [0.05, 0.1) is 6.10 Å². The van der Waals surface area contributed by atoms with E-state index >= 15 is 0 Å². The molecule has 1 N–H and O–H groups in total. The summed E-state index contributed by atoms with van der Waals surface area (Å²) in [7, 11) is 0. The lowest BCUT2D eigenvalue weighted by molar-refractivity contribution is 0.200. The van der Waals surface area contributed by atoms with E-state index in [4.69, 9.17) is 0 Å². The molecule has 1 atom stereocenters. The van der Waals surface area contributed by atoms with Crippen LogP contribution in [-0.2, 0) is 0 Å². The van der Waals surface area contributed by atoms with Crippen LogP contribution in [0.3, 0.4) is 0 Å². The molecule has 1 unspecified atom stereocenters. The second-order valence-electron chi connectivity index (χ2n) is 4.01. The van der Waals surface area contributed by atoms with Gasteiger partial charge < -0.3 is 5.11 Å². The first-order valence-electron chi connectivity index (χ1n) is 5.37. The predicted molar refractivity (Wildman–Crippen MR) is 65.0 cm³/mol. The number of pyridine rings is 1. The number of hydrogen-bond acceptors (Lipinski definition) is 2. The quantitative estimate of drug-likeness (QED) is 0.831. The fourth-order valence-electron chi connectivity index (χ4n) is 1.81. The van der Waals surface area contributed by atoms with Crippen LogP contribution in [0, 0.1) is 6.92 Å². The highest BCUT2D eigenvalue weighted by Crippen LogP contribution is 2.28. The van der Waals surface area contributed by atoms with E-state index in [9.17, 15) is 5.11 Å². The topological polar surface area (TPSA) is 33.1 Å². The average molecular weight is 213 g/mol. The van der Waals surface area contributed by atoms with E-state index in [2.05, 4.69) is 4.98 Å². The Balaban J connectivity index is 2.57. The van der Waals surface area contributed by atoms with Gasteiger partial charge in [-0.1, -0.05) is 29.8 Å². The summed E-state index contributed by atoms with van der Waals surface area (Å²) in [5.74, 6) is 0. The molecule has 0 fully saturated rings. The summed E-state index contributed by atoms with van der Waals surface area (Å²) in [5, 5.41) is 9.77. The van der Waals surface area contributed by atoms with E-state index in [1.54, 1.807) is 13.1 Å². The molecule has 2 aromatic rings. The van der Waals surface area contributed by atoms with Gasteiger partial charge >= 0.3 is 0 Å². The molecule has 82 valence electrons. The summed E-state index contributed by atoms with van der Waals surface area (Å²) in [4.78, 5) is 4.10. The standard InChI is InChI=1S/C14H15NO/c1-10-5-6-13(14(8-10)11(2)16)12-4-3-7-15-9-12/h3-9,11,16H,1-2H3. The molecular formula is C14H15NO. The van der Waals surface area contributed by atoms with Gasteiger partial charge in [-0.2, -0.15) is 0 Å². The first kappa shape index (κ1) is 10.8. The maximum absolute atomic E-state index is 9.77. The van der Waals surface area contributed by atoms with Crippen molar-refractivity contribution in [3.63, 3.8) is 0 Å². The first-order valence-corrected chi connectivity index (χ1v) is 5.37. The van der Waals surface area contributed by atoms with Gasteiger partial charge in [-0.15, -0.1) is 0 Å². The van der Waals surface area contributed by atoms with Gasteiger partial charge in [-0.05, 0) is 31.0 Å². The fourth-order valence-corrected chi connectivity index (χ4v) is 1.81. The highest BCUT2D eigenvalue weighted by molar-refractivity contribution is 5.67. The first-order chi connectivity index (χ1) is 7.68. The average Bonchev–Trinajstić information content (AvgIpc) is 2.30. The zero-order chi connectivity index (χ0) is 11.5. The second kappa shape index (κ2) is 4.45. The smallest absolute Gasteiger partial charge is 0.0768 e. The SMILES string of the molecule is Cc1ccc(-c2cccnc2)c(C(C)O)c1. The maximum atomic E-state index is 9.77. The Labute approximate surface area is 95.6 Å². The summed E-state index contributed by atoms with van der Waals surface area (Å²) in [6.45, 7) is 3.81. The van der Waals surface area contributed by atoms with Crippen molar-refractivity contribution < 1.29 is 5.11 Å². The summed E-state index contributed by atoms with van der Waals surface area (Å²) in [6.07, 6.45) is 3.10. The molecule has 0 radical (unpaired) electrons. The molecule has 2 heteroatoms. The number of benzene rings is 1. The predicted octanol–water partition coefficient (Wildman–Crippen LogP) is 3.11. The van der Waals surface area contributed by atoms with Crippen molar-refractivity contribution in [1.29, 1.82) is 0 Å². The third-order valence-electron chi connectivity index (χ3n) is 2.63. The minimum atomic E-state index is -0.463. The van der Waals surface area contributed by atoms with Gasteiger partial charge in [0.2, 0.25) is 0 Å². The van der Waals surface area contributed by atoms with Crippen LogP contribution < -0.4 is 0 Å². The molecular weight excluding hydrogens is 198 g/mol. The molecule has 0 saturated heterocycles. The van der Waals surface area contributed by atoms with Gasteiger partial charge in [0.25, 0.3) is 0 Å². The van der Waals surface area contributed by atoms with Crippen LogP contribution in [0.1, 0.15) is 24.2 Å². The third-order valence-corrected chi connectivity index (χ3v) is 2.63. The summed E-state index contributed by atoms with van der Waals surface area (Å²) < 4.78 is 0. The Kier molecular flexibility index (Phi) is 3.02. The van der Waals surface area contributed by atoms with Crippen molar-refractivity contribution in [1.82, 2.24) is 4.98 Å². The molecule has 2 rings (SSSR count). The van der Waals surface area contributed by atoms with Crippen molar-refractivity contribution in [2.45, 2.75) is 20.0 Å². The van der Waals surface area contributed by atoms with Gasteiger partial charge in [0.1, 0.15) is 0 Å². The molecule has 1 heterocycles. The van der Waals surface area contributed by atoms with Gasteiger partial charge in [0, 0.05) is 18.0 Å². The van der Waals surface area contributed by atoms with Crippen LogP contribution in [0.5, 0.6) is 0 Å². The van der Waals surface area contributed by atoms with Crippen molar-refractivity contribution >= 4 is 0 Å². The minimum Gasteiger partial charge on any atom is -0.389 e. The lowest BCUT2D eigenvalue weighted by atomic mass is 9.96. The van der Waals surface area contributed by atoms with Crippen molar-refractivity contribution in [3.8, 4) is 11.1 Å². The lowest BCUT2D eigenvalue weighted by Crippen LogP contribution is -1.96. The number of rotatable bonds is 2. The van der Waals surface area contributed by atoms with E-state index in [1.807, 2.05) is 43.5 Å². The minimum absolute atomic E-state index is 0.463. The molecule has 0 aliphatic rings. The van der Waals surface area contributed by atoms with Crippen LogP contribution in [-0.4, -0.2) is 10.1 Å². The Morgan fingerprint density at radius 2 is 2.06 bits per heavy atom. The summed E-state index contributed by atoms with van der Waals surface area (Å²) in [6, 6.07) is 10.0. The van der Waals surface area contributed by atoms with Crippen LogP contribution >= 0.6 is 0 Å². The highest BCUT2D eigenvalue weighted by Gasteiger charge is 2.09. The van der Waals surface area contributed by atoms with E-state index < -0.39 is 6.10 Å². The summed E-state index contributed by atoms with van der Waals surface area (Å²) in [5.41, 5.74) is 4.20. The van der Waals surface area contributed by atoms with Gasteiger partial charge in [-0.25, -0.2) is 0 Å². The molecule has 0 amide bonds. The largest absolute Gasteiger partial charge is 0.389 e. The number of aliphatic hydroxyl groups is 1. The van der Waals surface area contributed by atoms with Crippen LogP contribution in [0.4, 0.5) is 0 Å². The molecule has 0 spiro atoms. The van der Waals surface area contributed by atoms with Gasteiger partial charge in [-0.3, -0.25) is 4.98 Å². The second-order valence-corrected chi connectivity index (χ2v) is 4.01. The number of hydrogen-bond donors (Lipinski definition) is 1. The van der Waals surface area contributed by atoms with Gasteiger partial charge in [0.15, 0.2) is 0 Å². The maximum Gasteiger partial charge on any atom is 0.0768 e. The Morgan fingerprint density at radius 1 is 1.25 bits per heavy atom. The number of aromatic nitrogens is 1. The molecule has 0 aliphatic heterocycles. The van der Waals surface area contributed by atoms with E-state index in [1.165, 1.54) is 0 Å². The van der Waals surface area contributed by atoms with E-state index in [-0.39, 0.29) is 0 Å². The Bertz CT molecular complexity index is 477. The molecule has 0 bridgehead atoms. The molecule has 2 nitrogen and oxygen atoms in total. The molecule has 0 saturated carbocycles. The molecule has 1 aromatic carbocycles. The van der Waals surface area contributed by atoms with Crippen molar-refractivity contribution in [2.75, 3.05) is 0 Å². The highest BCUT2D eigenvalue weighted by atomic mass is 16.3. The van der Waals surface area contributed by atoms with Crippen LogP contribution in [0.2, 0.25) is 0 Å². The molecule has 0 aliphatic carbocycles. The number of aliphatic hydroxyl groups excluding tert-OH is 1. The van der Waals surface area contributed by atoms with E-state index in [0.29, 0.717) is 0 Å². The lowest BCUT2D eigenvalue weighted by Gasteiger charge is -2.12. The normalized spacial score (nSPS) is 12.4. The third kappa shape index (κ3) is 2.12. The summed E-state index contributed by atoms with van der Waals surface area (Å²) >= 11 is 0. The molecule has 16 heavy (non-hydrogen) atoms. The number of nitrogens with zero attached hydrogens (tertiary/aromatic N) is 1. The van der Waals surface area contributed by atoms with Crippen LogP contribution in [0.25, 0.3) is 11.1 Å². The Morgan fingerprint density at radius 3 is 2.69 bits per heavy atom. The van der Waals surface area contributed by atoms with E-state index in [0.717, 1.165) is 22.3 Å². The zero-order valence-electron chi connectivity index (χ0n) is 9.51. The van der Waals surface area contributed by atoms with Crippen molar-refractivity contribution in [2.24, 2.45) is 0 Å². The Hall–Kier alpha value is -1.67.